The van der Waals surface area contributed by atoms with Gasteiger partial charge in [0.05, 0.1) is 15.8 Å². The molecule has 0 amide bonds. The second-order valence-electron chi connectivity index (χ2n) is 5.58. The molecule has 0 radical (unpaired) electrons. The van der Waals surface area contributed by atoms with Crippen LogP contribution in [0.5, 0.6) is 0 Å². The second-order valence-corrected chi connectivity index (χ2v) is 7.72. The molecule has 0 aromatic heterocycles. The van der Waals surface area contributed by atoms with Crippen LogP contribution in [0.4, 0.5) is 5.69 Å². The van der Waals surface area contributed by atoms with Crippen molar-refractivity contribution in [3.63, 3.8) is 0 Å². The maximum atomic E-state index is 12.6. The summed E-state index contributed by atoms with van der Waals surface area (Å²) >= 11 is 0. The number of anilines is 1. The highest BCUT2D eigenvalue weighted by atomic mass is 32.2. The maximum absolute atomic E-state index is 12.6. The van der Waals surface area contributed by atoms with E-state index >= 15 is 0 Å². The lowest BCUT2D eigenvalue weighted by atomic mass is 10.0. The van der Waals surface area contributed by atoms with E-state index in [1.807, 2.05) is 26.0 Å². The average Bonchev–Trinajstić information content (AvgIpc) is 2.27. The Labute approximate surface area is 110 Å². The fraction of sp³-hybridized carbons (Fsp3) is 0.571. The van der Waals surface area contributed by atoms with Crippen molar-refractivity contribution in [1.82, 2.24) is 0 Å². The van der Waals surface area contributed by atoms with Crippen LogP contribution in [-0.4, -0.2) is 20.2 Å². The van der Waals surface area contributed by atoms with E-state index in [1.54, 1.807) is 6.07 Å². The summed E-state index contributed by atoms with van der Waals surface area (Å²) in [6.45, 7) is 8.59. The van der Waals surface area contributed by atoms with Gasteiger partial charge < -0.3 is 5.32 Å². The van der Waals surface area contributed by atoms with E-state index in [9.17, 15) is 8.42 Å². The second kappa shape index (κ2) is 4.57. The summed E-state index contributed by atoms with van der Waals surface area (Å²) in [5.41, 5.74) is 1.89. The lowest BCUT2D eigenvalue weighted by molar-refractivity contribution is 0.532. The summed E-state index contributed by atoms with van der Waals surface area (Å²) in [6, 6.07) is 5.57. The highest BCUT2D eigenvalue weighted by molar-refractivity contribution is 7.92. The molecule has 1 aromatic rings. The number of hydrogen-bond donors (Lipinski definition) is 1. The number of nitrogens with one attached hydrogen (secondary N) is 1. The molecule has 1 aliphatic heterocycles. The predicted molar refractivity (Wildman–Crippen MR) is 74.8 cm³/mol. The number of sulfone groups is 1. The molecular weight excluding hydrogens is 246 g/mol. The molecule has 0 saturated heterocycles. The monoisotopic (exact) mass is 267 g/mol. The van der Waals surface area contributed by atoms with Gasteiger partial charge in [-0.05, 0) is 23.5 Å². The number of rotatable bonds is 2. The lowest BCUT2D eigenvalue weighted by Crippen LogP contribution is -2.38. The van der Waals surface area contributed by atoms with Crippen molar-refractivity contribution in [2.24, 2.45) is 5.92 Å². The van der Waals surface area contributed by atoms with E-state index in [-0.39, 0.29) is 11.2 Å². The van der Waals surface area contributed by atoms with Crippen LogP contribution in [0, 0.1) is 5.92 Å². The van der Waals surface area contributed by atoms with Gasteiger partial charge in [-0.2, -0.15) is 0 Å². The quantitative estimate of drug-likeness (QED) is 0.896. The molecule has 1 N–H and O–H groups in total. The van der Waals surface area contributed by atoms with Crippen molar-refractivity contribution in [3.05, 3.63) is 23.8 Å². The Morgan fingerprint density at radius 2 is 1.89 bits per heavy atom. The third kappa shape index (κ3) is 2.03. The molecule has 100 valence electrons. The Morgan fingerprint density at radius 3 is 2.44 bits per heavy atom. The molecule has 0 spiro atoms. The Hall–Kier alpha value is -1.03. The third-order valence-corrected chi connectivity index (χ3v) is 6.07. The first-order valence-electron chi connectivity index (χ1n) is 6.46. The topological polar surface area (TPSA) is 46.2 Å². The molecule has 0 aliphatic carbocycles. The van der Waals surface area contributed by atoms with Crippen molar-refractivity contribution >= 4 is 15.5 Å². The van der Waals surface area contributed by atoms with E-state index in [2.05, 4.69) is 19.2 Å². The fourth-order valence-electron chi connectivity index (χ4n) is 2.52. The summed E-state index contributed by atoms with van der Waals surface area (Å²) in [5.74, 6) is 0.441. The van der Waals surface area contributed by atoms with E-state index in [0.29, 0.717) is 17.4 Å². The first kappa shape index (κ1) is 13.4. The minimum absolute atomic E-state index is 0.123. The Balaban J connectivity index is 2.60. The number of fused-ring (bicyclic) bond motifs is 1. The van der Waals surface area contributed by atoms with Crippen LogP contribution >= 0.6 is 0 Å². The Kier molecular flexibility index (Phi) is 3.41. The highest BCUT2D eigenvalue weighted by Gasteiger charge is 2.36. The van der Waals surface area contributed by atoms with E-state index in [1.165, 1.54) is 0 Å². The maximum Gasteiger partial charge on any atom is 0.185 e. The first-order valence-corrected chi connectivity index (χ1v) is 8.01. The summed E-state index contributed by atoms with van der Waals surface area (Å²) in [5, 5.41) is 2.99. The van der Waals surface area contributed by atoms with Crippen LogP contribution in [0.2, 0.25) is 0 Å². The predicted octanol–water partition coefficient (Wildman–Crippen LogP) is 3.03. The van der Waals surface area contributed by atoms with Crippen LogP contribution in [0.25, 0.3) is 0 Å². The van der Waals surface area contributed by atoms with Gasteiger partial charge in [0, 0.05) is 6.54 Å². The van der Waals surface area contributed by atoms with Crippen molar-refractivity contribution in [3.8, 4) is 0 Å². The molecule has 4 heteroatoms. The van der Waals surface area contributed by atoms with E-state index < -0.39 is 9.84 Å². The van der Waals surface area contributed by atoms with Crippen molar-refractivity contribution < 1.29 is 8.42 Å². The summed E-state index contributed by atoms with van der Waals surface area (Å²) in [6.07, 6.45) is 0. The molecule has 1 atom stereocenters. The van der Waals surface area contributed by atoms with Gasteiger partial charge in [0.2, 0.25) is 0 Å². The van der Waals surface area contributed by atoms with E-state index in [0.717, 1.165) is 11.3 Å². The van der Waals surface area contributed by atoms with Gasteiger partial charge in [-0.3, -0.25) is 0 Å². The van der Waals surface area contributed by atoms with Crippen LogP contribution < -0.4 is 5.32 Å². The summed E-state index contributed by atoms with van der Waals surface area (Å²) in [7, 11) is -3.20. The summed E-state index contributed by atoms with van der Waals surface area (Å²) in [4.78, 5) is 0.471. The van der Waals surface area contributed by atoms with Gasteiger partial charge in [0.25, 0.3) is 0 Å². The molecule has 3 nitrogen and oxygen atoms in total. The molecule has 1 aromatic carbocycles. The molecule has 0 saturated carbocycles. The van der Waals surface area contributed by atoms with Crippen LogP contribution in [0.15, 0.2) is 23.1 Å². The molecule has 0 bridgehead atoms. The van der Waals surface area contributed by atoms with E-state index in [4.69, 9.17) is 0 Å². The van der Waals surface area contributed by atoms with Crippen LogP contribution in [0.1, 0.15) is 39.2 Å². The third-order valence-electron chi connectivity index (χ3n) is 3.61. The van der Waals surface area contributed by atoms with Crippen molar-refractivity contribution in [2.75, 3.05) is 11.9 Å². The minimum atomic E-state index is -3.20. The molecule has 0 fully saturated rings. The van der Waals surface area contributed by atoms with Gasteiger partial charge in [-0.25, -0.2) is 8.42 Å². The van der Waals surface area contributed by atoms with Crippen LogP contribution in [0.3, 0.4) is 0 Å². The molecule has 1 aliphatic rings. The highest BCUT2D eigenvalue weighted by Crippen LogP contribution is 2.37. The normalized spacial score (nSPS) is 21.8. The molecular formula is C14H21NO2S. The smallest absolute Gasteiger partial charge is 0.185 e. The van der Waals surface area contributed by atoms with Crippen LogP contribution in [-0.2, 0) is 9.84 Å². The zero-order chi connectivity index (χ0) is 13.5. The van der Waals surface area contributed by atoms with Crippen molar-refractivity contribution in [2.45, 2.75) is 43.8 Å². The van der Waals surface area contributed by atoms with Gasteiger partial charge in [0.15, 0.2) is 9.84 Å². The largest absolute Gasteiger partial charge is 0.382 e. The van der Waals surface area contributed by atoms with Gasteiger partial charge >= 0.3 is 0 Å². The minimum Gasteiger partial charge on any atom is -0.382 e. The first-order chi connectivity index (χ1) is 8.35. The Bertz CT molecular complexity index is 547. The molecule has 18 heavy (non-hydrogen) atoms. The lowest BCUT2D eigenvalue weighted by Gasteiger charge is -2.30. The number of benzene rings is 1. The number of para-hydroxylation sites is 1. The fourth-order valence-corrected chi connectivity index (χ4v) is 4.61. The SMILES string of the molecule is CC(C)c1cccc2c1NCC(C(C)C)S2(=O)=O. The van der Waals surface area contributed by atoms with Gasteiger partial charge in [-0.1, -0.05) is 39.8 Å². The van der Waals surface area contributed by atoms with Gasteiger partial charge in [-0.15, -0.1) is 0 Å². The summed E-state index contributed by atoms with van der Waals surface area (Å²) < 4.78 is 25.2. The standard InChI is InChI=1S/C14H21NO2S/c1-9(2)11-6-5-7-12-14(11)15-8-13(10(3)4)18(12,16)17/h5-7,9-10,13,15H,8H2,1-4H3. The zero-order valence-corrected chi connectivity index (χ0v) is 12.2. The molecule has 1 heterocycles. The number of hydrogen-bond acceptors (Lipinski definition) is 3. The Morgan fingerprint density at radius 1 is 1.22 bits per heavy atom. The van der Waals surface area contributed by atoms with Gasteiger partial charge in [0.1, 0.15) is 0 Å². The molecule has 2 rings (SSSR count). The zero-order valence-electron chi connectivity index (χ0n) is 11.4. The molecule has 1 unspecified atom stereocenters. The van der Waals surface area contributed by atoms with Crippen molar-refractivity contribution in [1.29, 1.82) is 0 Å². The average molecular weight is 267 g/mol.